The third kappa shape index (κ3) is 4.52. The van der Waals surface area contributed by atoms with E-state index in [1.807, 2.05) is 60.7 Å². The molecule has 0 aliphatic rings. The van der Waals surface area contributed by atoms with E-state index >= 15 is 0 Å². The summed E-state index contributed by atoms with van der Waals surface area (Å²) in [5, 5.41) is 105. The van der Waals surface area contributed by atoms with Crippen LogP contribution in [-0.4, -0.2) is 46.0 Å². The van der Waals surface area contributed by atoms with E-state index < -0.39 is 73.7 Å². The zero-order valence-corrected chi connectivity index (χ0v) is 31.1. The molecule has 11 rings (SSSR count). The standard InChI is InChI=1S/C50H30O10/c51-40-37-38(43(54)46(57)45(56)42(37)53)44(55)50-39(40)36-35(41(52)47(58)48(59)49(36)60-50)31-15-7-10-23-17-19-26(21-32(23)31)34-29-13-5-3-11-27(29)33(28-12-4-6-14-30(28)34)25-18-16-22-8-1-2-9-24(22)20-25/h1-21,51-59H. The molecule has 0 fully saturated rings. The number of furan rings is 1. The zero-order chi connectivity index (χ0) is 41.3. The van der Waals surface area contributed by atoms with Crippen LogP contribution in [0, 0.1) is 0 Å². The third-order valence-electron chi connectivity index (χ3n) is 11.8. The fraction of sp³-hybridized carbons (Fsp3) is 0. The first-order valence-electron chi connectivity index (χ1n) is 18.9. The summed E-state index contributed by atoms with van der Waals surface area (Å²) in [7, 11) is 0. The van der Waals surface area contributed by atoms with Crippen LogP contribution in [0.1, 0.15) is 0 Å². The lowest BCUT2D eigenvalue weighted by Gasteiger charge is -2.19. The molecule has 0 atom stereocenters. The Morgan fingerprint density at radius 2 is 0.767 bits per heavy atom. The second kappa shape index (κ2) is 12.3. The molecule has 0 saturated heterocycles. The summed E-state index contributed by atoms with van der Waals surface area (Å²) >= 11 is 0. The Labute approximate surface area is 337 Å². The van der Waals surface area contributed by atoms with Crippen molar-refractivity contribution in [1.82, 2.24) is 0 Å². The molecule has 1 heterocycles. The number of hydrogen-bond donors (Lipinski definition) is 9. The summed E-state index contributed by atoms with van der Waals surface area (Å²) in [6.07, 6.45) is 0. The predicted octanol–water partition coefficient (Wildman–Crippen LogP) is 11.7. The minimum Gasteiger partial charge on any atom is -0.506 e. The van der Waals surface area contributed by atoms with Crippen LogP contribution in [0.2, 0.25) is 0 Å². The van der Waals surface area contributed by atoms with E-state index in [9.17, 15) is 46.0 Å². The summed E-state index contributed by atoms with van der Waals surface area (Å²) < 4.78 is 5.87. The molecule has 10 heteroatoms. The Morgan fingerprint density at radius 1 is 0.283 bits per heavy atom. The molecule has 11 aromatic rings. The summed E-state index contributed by atoms with van der Waals surface area (Å²) in [6, 6.07) is 42.4. The van der Waals surface area contributed by atoms with E-state index in [0.717, 1.165) is 60.0 Å². The van der Waals surface area contributed by atoms with Gasteiger partial charge in [0.15, 0.2) is 34.2 Å². The minimum absolute atomic E-state index is 0.107. The van der Waals surface area contributed by atoms with Gasteiger partial charge in [-0.25, -0.2) is 0 Å². The van der Waals surface area contributed by atoms with E-state index in [1.54, 1.807) is 12.1 Å². The van der Waals surface area contributed by atoms with Gasteiger partial charge >= 0.3 is 0 Å². The van der Waals surface area contributed by atoms with Gasteiger partial charge in [-0.15, -0.1) is 0 Å². The van der Waals surface area contributed by atoms with Crippen molar-refractivity contribution in [1.29, 1.82) is 0 Å². The SMILES string of the molecule is Oc1c(O)c(-c2cccc3ccc(-c4c5ccccc5c(-c5ccc6ccccc6c5)c5ccccc45)cc23)c2c(oc3c(O)c4c(O)c(O)c(O)c(O)c4c(O)c32)c1O. The van der Waals surface area contributed by atoms with Gasteiger partial charge in [0.2, 0.25) is 23.0 Å². The Bertz CT molecular complexity index is 3660. The molecule has 60 heavy (non-hydrogen) atoms. The summed E-state index contributed by atoms with van der Waals surface area (Å²) in [4.78, 5) is 0. The molecule has 10 aromatic carbocycles. The number of aromatic hydroxyl groups is 9. The Hall–Kier alpha value is -8.50. The fourth-order valence-corrected chi connectivity index (χ4v) is 9.09. The van der Waals surface area contributed by atoms with E-state index in [1.165, 1.54) is 0 Å². The lowest BCUT2D eigenvalue weighted by molar-refractivity contribution is 0.349. The van der Waals surface area contributed by atoms with Gasteiger partial charge in [0.05, 0.1) is 16.2 Å². The molecular formula is C50H30O10. The van der Waals surface area contributed by atoms with Crippen molar-refractivity contribution in [3.8, 4) is 85.1 Å². The normalized spacial score (nSPS) is 11.9. The van der Waals surface area contributed by atoms with Crippen molar-refractivity contribution < 1.29 is 50.4 Å². The van der Waals surface area contributed by atoms with Crippen molar-refractivity contribution in [3.63, 3.8) is 0 Å². The van der Waals surface area contributed by atoms with Crippen LogP contribution >= 0.6 is 0 Å². The van der Waals surface area contributed by atoms with E-state index in [2.05, 4.69) is 54.6 Å². The zero-order valence-electron chi connectivity index (χ0n) is 31.1. The van der Waals surface area contributed by atoms with Crippen molar-refractivity contribution in [2.45, 2.75) is 0 Å². The molecule has 0 unspecified atom stereocenters. The first-order chi connectivity index (χ1) is 29.0. The van der Waals surface area contributed by atoms with Crippen LogP contribution in [0.3, 0.4) is 0 Å². The lowest BCUT2D eigenvalue weighted by atomic mass is 9.84. The van der Waals surface area contributed by atoms with Crippen molar-refractivity contribution in [2.75, 3.05) is 0 Å². The van der Waals surface area contributed by atoms with Gasteiger partial charge in [-0.05, 0) is 83.0 Å². The topological polar surface area (TPSA) is 195 Å². The number of rotatable bonds is 3. The average Bonchev–Trinajstić information content (AvgIpc) is 3.68. The monoisotopic (exact) mass is 790 g/mol. The highest BCUT2D eigenvalue weighted by Gasteiger charge is 2.33. The molecule has 9 N–H and O–H groups in total. The first kappa shape index (κ1) is 34.7. The Morgan fingerprint density at radius 3 is 1.38 bits per heavy atom. The smallest absolute Gasteiger partial charge is 0.205 e. The van der Waals surface area contributed by atoms with E-state index in [-0.39, 0.29) is 16.3 Å². The van der Waals surface area contributed by atoms with Gasteiger partial charge in [0.25, 0.3) is 0 Å². The lowest BCUT2D eigenvalue weighted by Crippen LogP contribution is -1.92. The van der Waals surface area contributed by atoms with Gasteiger partial charge in [-0.1, -0.05) is 115 Å². The van der Waals surface area contributed by atoms with Gasteiger partial charge in [-0.3, -0.25) is 0 Å². The molecule has 0 amide bonds. The summed E-state index contributed by atoms with van der Waals surface area (Å²) in [5.74, 6) is -8.85. The Kier molecular flexibility index (Phi) is 7.09. The van der Waals surface area contributed by atoms with E-state index in [0.29, 0.717) is 10.9 Å². The van der Waals surface area contributed by atoms with Crippen LogP contribution in [0.5, 0.6) is 51.7 Å². The number of phenolic OH excluding ortho intramolecular Hbond substituents is 9. The van der Waals surface area contributed by atoms with Crippen LogP contribution < -0.4 is 0 Å². The maximum absolute atomic E-state index is 11.8. The molecule has 290 valence electrons. The van der Waals surface area contributed by atoms with Crippen LogP contribution in [-0.2, 0) is 0 Å². The summed E-state index contributed by atoms with van der Waals surface area (Å²) in [5.41, 5.74) is 3.18. The van der Waals surface area contributed by atoms with Gasteiger partial charge < -0.3 is 50.4 Å². The van der Waals surface area contributed by atoms with Crippen molar-refractivity contribution >= 4 is 75.8 Å². The molecule has 0 saturated carbocycles. The molecule has 10 nitrogen and oxygen atoms in total. The Balaban J connectivity index is 1.23. The maximum atomic E-state index is 11.8. The van der Waals surface area contributed by atoms with Crippen LogP contribution in [0.4, 0.5) is 0 Å². The van der Waals surface area contributed by atoms with Gasteiger partial charge in [-0.2, -0.15) is 0 Å². The number of fused-ring (bicyclic) bond motifs is 8. The number of hydrogen-bond acceptors (Lipinski definition) is 10. The molecular weight excluding hydrogens is 761 g/mol. The highest BCUT2D eigenvalue weighted by Crippen LogP contribution is 2.61. The molecule has 1 aromatic heterocycles. The van der Waals surface area contributed by atoms with Gasteiger partial charge in [0, 0.05) is 10.9 Å². The average molecular weight is 791 g/mol. The maximum Gasteiger partial charge on any atom is 0.205 e. The summed E-state index contributed by atoms with van der Waals surface area (Å²) in [6.45, 7) is 0. The second-order valence-corrected chi connectivity index (χ2v) is 14.9. The van der Waals surface area contributed by atoms with Crippen LogP contribution in [0.15, 0.2) is 132 Å². The molecule has 0 spiro atoms. The van der Waals surface area contributed by atoms with Crippen molar-refractivity contribution in [3.05, 3.63) is 127 Å². The second-order valence-electron chi connectivity index (χ2n) is 14.9. The van der Waals surface area contributed by atoms with Gasteiger partial charge in [0.1, 0.15) is 5.75 Å². The first-order valence-corrected chi connectivity index (χ1v) is 18.9. The minimum atomic E-state index is -1.17. The molecule has 0 aliphatic heterocycles. The van der Waals surface area contributed by atoms with Crippen molar-refractivity contribution in [2.24, 2.45) is 0 Å². The highest BCUT2D eigenvalue weighted by atomic mass is 16.4. The fourth-order valence-electron chi connectivity index (χ4n) is 9.09. The predicted molar refractivity (Wildman–Crippen MR) is 233 cm³/mol. The van der Waals surface area contributed by atoms with Crippen LogP contribution in [0.25, 0.3) is 109 Å². The number of phenols is 9. The molecule has 0 bridgehead atoms. The quantitative estimate of drug-likeness (QED) is 0.0472. The molecule has 0 aliphatic carbocycles. The highest BCUT2D eigenvalue weighted by molar-refractivity contribution is 6.28. The number of benzene rings is 10. The molecule has 0 radical (unpaired) electrons. The van der Waals surface area contributed by atoms with E-state index in [4.69, 9.17) is 4.42 Å². The third-order valence-corrected chi connectivity index (χ3v) is 11.8. The largest absolute Gasteiger partial charge is 0.506 e.